The number of nitrogens with zero attached hydrogens (tertiary/aromatic N) is 2. The summed E-state index contributed by atoms with van der Waals surface area (Å²) in [6.07, 6.45) is 0. The van der Waals surface area contributed by atoms with E-state index in [2.05, 4.69) is 4.98 Å². The number of anilines is 1. The van der Waals surface area contributed by atoms with E-state index in [9.17, 15) is 19.1 Å². The number of benzene rings is 2. The highest BCUT2D eigenvalue weighted by Gasteiger charge is 2.48. The van der Waals surface area contributed by atoms with Gasteiger partial charge in [0, 0.05) is 15.5 Å². The topological polar surface area (TPSA) is 70.5 Å². The molecule has 0 saturated carbocycles. The van der Waals surface area contributed by atoms with Crippen LogP contribution >= 0.6 is 22.9 Å². The van der Waals surface area contributed by atoms with Gasteiger partial charge >= 0.3 is 5.91 Å². The Morgan fingerprint density at radius 2 is 1.73 bits per heavy atom. The molecule has 0 bridgehead atoms. The Morgan fingerprint density at radius 1 is 1.10 bits per heavy atom. The maximum atomic E-state index is 13.5. The van der Waals surface area contributed by atoms with Gasteiger partial charge in [0.25, 0.3) is 5.78 Å². The van der Waals surface area contributed by atoms with Crippen molar-refractivity contribution in [3.8, 4) is 0 Å². The van der Waals surface area contributed by atoms with E-state index in [0.29, 0.717) is 21.3 Å². The summed E-state index contributed by atoms with van der Waals surface area (Å²) < 4.78 is 13.5. The molecule has 1 N–H and O–H groups in total. The van der Waals surface area contributed by atoms with E-state index < -0.39 is 23.5 Å². The first-order chi connectivity index (χ1) is 14.3. The average Bonchev–Trinajstić information content (AvgIpc) is 3.18. The Morgan fingerprint density at radius 3 is 2.30 bits per heavy atom. The minimum Gasteiger partial charge on any atom is -0.507 e. The number of amides is 1. The first-order valence-electron chi connectivity index (χ1n) is 9.04. The maximum Gasteiger partial charge on any atom is 0.301 e. The number of thiazole rings is 1. The van der Waals surface area contributed by atoms with Gasteiger partial charge in [-0.25, -0.2) is 9.37 Å². The third-order valence-corrected chi connectivity index (χ3v) is 6.30. The van der Waals surface area contributed by atoms with Gasteiger partial charge in [-0.2, -0.15) is 0 Å². The van der Waals surface area contributed by atoms with Gasteiger partial charge in [0.05, 0.1) is 17.3 Å². The van der Waals surface area contributed by atoms with Crippen molar-refractivity contribution in [2.24, 2.45) is 0 Å². The van der Waals surface area contributed by atoms with Gasteiger partial charge in [-0.1, -0.05) is 23.7 Å². The molecule has 4 rings (SSSR count). The number of hydrogen-bond acceptors (Lipinski definition) is 5. The first kappa shape index (κ1) is 20.3. The second kappa shape index (κ2) is 7.66. The fraction of sp³-hybridized carbons (Fsp3) is 0.136. The molecule has 1 fully saturated rings. The molecule has 2 aromatic carbocycles. The smallest absolute Gasteiger partial charge is 0.301 e. The summed E-state index contributed by atoms with van der Waals surface area (Å²) in [6.45, 7) is 3.68. The molecule has 1 unspecified atom stereocenters. The van der Waals surface area contributed by atoms with Gasteiger partial charge in [0.2, 0.25) is 0 Å². The largest absolute Gasteiger partial charge is 0.507 e. The Labute approximate surface area is 181 Å². The van der Waals surface area contributed by atoms with Crippen LogP contribution < -0.4 is 4.90 Å². The SMILES string of the molecule is Cc1nc(N2C(=O)C(=O)C(=C(O)c3ccc(Cl)cc3)C2c2ccc(F)cc2)sc1C. The maximum absolute atomic E-state index is 13.5. The van der Waals surface area contributed by atoms with Crippen molar-refractivity contribution in [1.29, 1.82) is 0 Å². The molecular weight excluding hydrogens is 427 g/mol. The summed E-state index contributed by atoms with van der Waals surface area (Å²) >= 11 is 7.19. The van der Waals surface area contributed by atoms with Crippen LogP contribution in [-0.2, 0) is 9.59 Å². The van der Waals surface area contributed by atoms with Gasteiger partial charge in [-0.3, -0.25) is 14.5 Å². The van der Waals surface area contributed by atoms with E-state index in [4.69, 9.17) is 11.6 Å². The molecule has 0 radical (unpaired) electrons. The molecular formula is C22H16ClFN2O3S. The van der Waals surface area contributed by atoms with Crippen LogP contribution in [0.25, 0.3) is 5.76 Å². The highest BCUT2D eigenvalue weighted by Crippen LogP contribution is 2.43. The predicted octanol–water partition coefficient (Wildman–Crippen LogP) is 5.18. The highest BCUT2D eigenvalue weighted by atomic mass is 35.5. The van der Waals surface area contributed by atoms with E-state index in [0.717, 1.165) is 10.6 Å². The standard InChI is InChI=1S/C22H16ClFN2O3S/c1-11-12(2)30-22(25-11)26-18(13-5-9-16(24)10-6-13)17(20(28)21(26)29)19(27)14-3-7-15(23)8-4-14/h3-10,18,27H,1-2H3. The number of ketones is 1. The van der Waals surface area contributed by atoms with Gasteiger partial charge in [0.1, 0.15) is 11.6 Å². The van der Waals surface area contributed by atoms with Crippen molar-refractivity contribution in [1.82, 2.24) is 4.98 Å². The number of hydrogen-bond donors (Lipinski definition) is 1. The Hall–Kier alpha value is -3.03. The predicted molar refractivity (Wildman–Crippen MR) is 114 cm³/mol. The molecule has 2 heterocycles. The third kappa shape index (κ3) is 3.40. The Balaban J connectivity index is 1.94. The lowest BCUT2D eigenvalue weighted by Crippen LogP contribution is -2.29. The molecule has 3 aromatic rings. The van der Waals surface area contributed by atoms with Crippen LogP contribution in [0.4, 0.5) is 9.52 Å². The number of aliphatic hydroxyl groups is 1. The molecule has 152 valence electrons. The van der Waals surface area contributed by atoms with Crippen molar-refractivity contribution >= 4 is 45.5 Å². The summed E-state index contributed by atoms with van der Waals surface area (Å²) in [5.74, 6) is -2.41. The molecule has 5 nitrogen and oxygen atoms in total. The summed E-state index contributed by atoms with van der Waals surface area (Å²) in [6, 6.07) is 10.8. The van der Waals surface area contributed by atoms with Crippen LogP contribution in [-0.4, -0.2) is 21.8 Å². The highest BCUT2D eigenvalue weighted by molar-refractivity contribution is 7.16. The quantitative estimate of drug-likeness (QED) is 0.344. The molecule has 1 aromatic heterocycles. The van der Waals surface area contributed by atoms with E-state index in [1.54, 1.807) is 24.3 Å². The summed E-state index contributed by atoms with van der Waals surface area (Å²) in [7, 11) is 0. The van der Waals surface area contributed by atoms with Crippen LogP contribution in [0.5, 0.6) is 0 Å². The van der Waals surface area contributed by atoms with Crippen LogP contribution in [0.2, 0.25) is 5.02 Å². The van der Waals surface area contributed by atoms with Crippen LogP contribution in [0.15, 0.2) is 54.1 Å². The van der Waals surface area contributed by atoms with Crippen molar-refractivity contribution in [2.75, 3.05) is 4.90 Å². The van der Waals surface area contributed by atoms with Crippen molar-refractivity contribution in [3.63, 3.8) is 0 Å². The van der Waals surface area contributed by atoms with Gasteiger partial charge in [-0.05, 0) is 55.8 Å². The second-order valence-corrected chi connectivity index (χ2v) is 8.48. The van der Waals surface area contributed by atoms with Crippen LogP contribution in [0.1, 0.15) is 27.7 Å². The molecule has 1 saturated heterocycles. The van der Waals surface area contributed by atoms with Gasteiger partial charge in [0.15, 0.2) is 5.13 Å². The summed E-state index contributed by atoms with van der Waals surface area (Å²) in [4.78, 5) is 32.6. The zero-order chi connectivity index (χ0) is 21.6. The number of aromatic nitrogens is 1. The number of Topliss-reactive ketones (excluding diaryl/α,β-unsaturated/α-hetero) is 1. The lowest BCUT2D eigenvalue weighted by molar-refractivity contribution is -0.132. The minimum absolute atomic E-state index is 0.0839. The van der Waals surface area contributed by atoms with E-state index >= 15 is 0 Å². The zero-order valence-electron chi connectivity index (χ0n) is 16.0. The fourth-order valence-corrected chi connectivity index (χ4v) is 4.37. The number of halogens is 2. The van der Waals surface area contributed by atoms with Crippen molar-refractivity contribution in [3.05, 3.63) is 86.6 Å². The second-order valence-electron chi connectivity index (χ2n) is 6.87. The monoisotopic (exact) mass is 442 g/mol. The lowest BCUT2D eigenvalue weighted by atomic mass is 9.95. The number of aliphatic hydroxyl groups excluding tert-OH is 1. The van der Waals surface area contributed by atoms with E-state index in [1.165, 1.54) is 40.5 Å². The average molecular weight is 443 g/mol. The van der Waals surface area contributed by atoms with Gasteiger partial charge in [-0.15, -0.1) is 11.3 Å². The van der Waals surface area contributed by atoms with Crippen molar-refractivity contribution < 1.29 is 19.1 Å². The van der Waals surface area contributed by atoms with Crippen LogP contribution in [0, 0.1) is 19.7 Å². The van der Waals surface area contributed by atoms with Crippen LogP contribution in [0.3, 0.4) is 0 Å². The third-order valence-electron chi connectivity index (χ3n) is 4.97. The normalized spacial score (nSPS) is 18.3. The lowest BCUT2D eigenvalue weighted by Gasteiger charge is -2.23. The Kier molecular flexibility index (Phi) is 5.17. The van der Waals surface area contributed by atoms with E-state index in [1.807, 2.05) is 13.8 Å². The molecule has 1 aliphatic rings. The molecule has 0 spiro atoms. The molecule has 1 aliphatic heterocycles. The molecule has 1 amide bonds. The summed E-state index contributed by atoms with van der Waals surface area (Å²) in [5.41, 5.74) is 1.49. The zero-order valence-corrected chi connectivity index (χ0v) is 17.6. The Bertz CT molecular complexity index is 1170. The molecule has 30 heavy (non-hydrogen) atoms. The summed E-state index contributed by atoms with van der Waals surface area (Å²) in [5, 5.41) is 11.8. The minimum atomic E-state index is -0.939. The van der Waals surface area contributed by atoms with E-state index in [-0.39, 0.29) is 11.3 Å². The molecule has 0 aliphatic carbocycles. The molecule has 1 atom stereocenters. The molecule has 8 heteroatoms. The number of carbonyl (C=O) groups excluding carboxylic acids is 2. The number of aryl methyl sites for hydroxylation is 2. The fourth-order valence-electron chi connectivity index (χ4n) is 3.31. The van der Waals surface area contributed by atoms with Crippen molar-refractivity contribution in [2.45, 2.75) is 19.9 Å². The first-order valence-corrected chi connectivity index (χ1v) is 10.2. The number of carbonyl (C=O) groups is 2. The van der Waals surface area contributed by atoms with Gasteiger partial charge < -0.3 is 5.11 Å². The number of rotatable bonds is 3.